The van der Waals surface area contributed by atoms with E-state index in [0.29, 0.717) is 0 Å². The third-order valence-corrected chi connectivity index (χ3v) is 5.24. The minimum atomic E-state index is -0.632. The summed E-state index contributed by atoms with van der Waals surface area (Å²) in [7, 11) is 0. The fourth-order valence-electron chi connectivity index (χ4n) is 3.32. The second kappa shape index (κ2) is 6.03. The van der Waals surface area contributed by atoms with Crippen molar-refractivity contribution in [2.24, 2.45) is 0 Å². The van der Waals surface area contributed by atoms with Crippen LogP contribution in [0.2, 0.25) is 10.0 Å². The van der Waals surface area contributed by atoms with E-state index in [4.69, 9.17) is 28.9 Å². The molecule has 0 aromatic carbocycles. The summed E-state index contributed by atoms with van der Waals surface area (Å²) >= 11 is 12.3. The van der Waals surface area contributed by atoms with Crippen LogP contribution in [0.25, 0.3) is 0 Å². The molecular formula is C15H15Cl2N7O2. The van der Waals surface area contributed by atoms with Gasteiger partial charge in [0.1, 0.15) is 34.2 Å². The number of hydrogen-bond donors (Lipinski definition) is 4. The first kappa shape index (κ1) is 16.9. The Labute approximate surface area is 157 Å². The first-order valence-electron chi connectivity index (χ1n) is 7.99. The average molecular weight is 396 g/mol. The zero-order valence-electron chi connectivity index (χ0n) is 13.5. The quantitative estimate of drug-likeness (QED) is 0.610. The molecule has 1 amide bonds. The van der Waals surface area contributed by atoms with E-state index in [1.165, 1.54) is 17.1 Å². The molecule has 136 valence electrons. The average Bonchev–Trinajstić information content (AvgIpc) is 3.03. The van der Waals surface area contributed by atoms with Crippen LogP contribution in [0.15, 0.2) is 17.2 Å². The Hall–Kier alpha value is -2.52. The fraction of sp³-hybridized carbons (Fsp3) is 0.333. The van der Waals surface area contributed by atoms with Gasteiger partial charge in [-0.2, -0.15) is 0 Å². The number of nitrogen functional groups attached to an aromatic ring is 1. The topological polar surface area (TPSA) is 127 Å². The summed E-state index contributed by atoms with van der Waals surface area (Å²) in [5, 5.41) is 5.94. The van der Waals surface area contributed by atoms with Crippen LogP contribution in [0.4, 0.5) is 17.3 Å². The highest BCUT2D eigenvalue weighted by atomic mass is 35.5. The number of nitrogens with two attached hydrogens (primary N) is 1. The molecule has 0 bridgehead atoms. The maximum atomic E-state index is 12.9. The summed E-state index contributed by atoms with van der Waals surface area (Å²) < 4.78 is 1.19. The number of carbonyl (C=O) groups is 1. The SMILES string of the molecule is Nc1ncnc(Nc2cc(Cl)c3n(c2=O)NC2(CCCC2)NC3=O)c1Cl. The number of hydrogen-bond acceptors (Lipinski definition) is 7. The minimum absolute atomic E-state index is 0.0630. The van der Waals surface area contributed by atoms with Crippen LogP contribution < -0.4 is 27.4 Å². The molecule has 1 saturated carbocycles. The van der Waals surface area contributed by atoms with Gasteiger partial charge in [0.2, 0.25) is 0 Å². The number of carbonyl (C=O) groups excluding carboxylic acids is 1. The standard InChI is InChI=1S/C15H15Cl2N7O2/c16-7-5-8(21-12-9(17)11(18)19-6-20-12)14(26)24-10(7)13(25)22-15(23-24)3-1-2-4-15/h5-6,23H,1-4H2,(H,22,25)(H3,18,19,20,21). The van der Waals surface area contributed by atoms with Gasteiger partial charge < -0.3 is 16.4 Å². The van der Waals surface area contributed by atoms with E-state index in [9.17, 15) is 9.59 Å². The summed E-state index contributed by atoms with van der Waals surface area (Å²) in [6, 6.07) is 1.36. The van der Waals surface area contributed by atoms with Crippen LogP contribution in [-0.2, 0) is 0 Å². The molecule has 1 spiro atoms. The lowest BCUT2D eigenvalue weighted by molar-refractivity contribution is 0.0869. The number of anilines is 3. The zero-order valence-corrected chi connectivity index (χ0v) is 15.0. The van der Waals surface area contributed by atoms with Crippen LogP contribution in [0.5, 0.6) is 0 Å². The molecule has 0 unspecified atom stereocenters. The van der Waals surface area contributed by atoms with Crippen LogP contribution in [0.1, 0.15) is 36.2 Å². The van der Waals surface area contributed by atoms with E-state index in [1.807, 2.05) is 0 Å². The first-order valence-corrected chi connectivity index (χ1v) is 8.75. The number of halogens is 2. The molecule has 1 aliphatic carbocycles. The van der Waals surface area contributed by atoms with E-state index in [2.05, 4.69) is 26.0 Å². The van der Waals surface area contributed by atoms with Crippen molar-refractivity contribution in [3.63, 3.8) is 0 Å². The molecule has 0 atom stereocenters. The van der Waals surface area contributed by atoms with Crippen molar-refractivity contribution >= 4 is 46.4 Å². The summed E-state index contributed by atoms with van der Waals surface area (Å²) in [5.74, 6) is -0.136. The fourth-order valence-corrected chi connectivity index (χ4v) is 3.75. The van der Waals surface area contributed by atoms with Gasteiger partial charge in [-0.15, -0.1) is 0 Å². The molecule has 26 heavy (non-hydrogen) atoms. The minimum Gasteiger partial charge on any atom is -0.382 e. The number of fused-ring (bicyclic) bond motifs is 1. The van der Waals surface area contributed by atoms with E-state index < -0.39 is 11.2 Å². The van der Waals surface area contributed by atoms with Gasteiger partial charge in [0.15, 0.2) is 5.82 Å². The predicted octanol–water partition coefficient (Wildman–Crippen LogP) is 1.83. The number of nitrogens with one attached hydrogen (secondary N) is 3. The van der Waals surface area contributed by atoms with Gasteiger partial charge in [0.05, 0.1) is 5.02 Å². The smallest absolute Gasteiger partial charge is 0.293 e. The van der Waals surface area contributed by atoms with Crippen molar-refractivity contribution in [1.82, 2.24) is 20.0 Å². The van der Waals surface area contributed by atoms with Gasteiger partial charge >= 0.3 is 0 Å². The molecule has 1 aliphatic heterocycles. The van der Waals surface area contributed by atoms with Crippen molar-refractivity contribution in [3.05, 3.63) is 38.5 Å². The molecule has 2 aromatic heterocycles. The van der Waals surface area contributed by atoms with E-state index in [0.717, 1.165) is 25.7 Å². The van der Waals surface area contributed by atoms with E-state index in [1.54, 1.807) is 0 Å². The molecule has 2 aromatic rings. The van der Waals surface area contributed by atoms with Crippen molar-refractivity contribution < 1.29 is 4.79 Å². The van der Waals surface area contributed by atoms with Crippen LogP contribution >= 0.6 is 23.2 Å². The van der Waals surface area contributed by atoms with Crippen LogP contribution in [0, 0.1) is 0 Å². The number of aromatic nitrogens is 3. The molecular weight excluding hydrogens is 381 g/mol. The Balaban J connectivity index is 1.79. The van der Waals surface area contributed by atoms with Gasteiger partial charge in [-0.1, -0.05) is 23.2 Å². The Morgan fingerprint density at radius 3 is 2.69 bits per heavy atom. The lowest BCUT2D eigenvalue weighted by atomic mass is 10.1. The maximum absolute atomic E-state index is 12.9. The highest BCUT2D eigenvalue weighted by molar-refractivity contribution is 6.35. The number of amides is 1. The molecule has 4 rings (SSSR count). The van der Waals surface area contributed by atoms with E-state index in [-0.39, 0.29) is 39.0 Å². The summed E-state index contributed by atoms with van der Waals surface area (Å²) in [4.78, 5) is 33.2. The van der Waals surface area contributed by atoms with Crippen LogP contribution in [0.3, 0.4) is 0 Å². The molecule has 2 aliphatic rings. The Bertz CT molecular complexity index is 969. The monoisotopic (exact) mass is 395 g/mol. The molecule has 1 fully saturated rings. The lowest BCUT2D eigenvalue weighted by Crippen LogP contribution is -2.62. The van der Waals surface area contributed by atoms with Gasteiger partial charge in [0, 0.05) is 0 Å². The second-order valence-electron chi connectivity index (χ2n) is 6.30. The van der Waals surface area contributed by atoms with Gasteiger partial charge in [-0.05, 0) is 31.7 Å². The van der Waals surface area contributed by atoms with Gasteiger partial charge in [-0.3, -0.25) is 15.0 Å². The highest BCUT2D eigenvalue weighted by Crippen LogP contribution is 2.33. The second-order valence-corrected chi connectivity index (χ2v) is 7.08. The number of nitrogens with zero attached hydrogens (tertiary/aromatic N) is 3. The molecule has 0 radical (unpaired) electrons. The molecule has 11 heteroatoms. The van der Waals surface area contributed by atoms with E-state index >= 15 is 0 Å². The molecule has 0 saturated heterocycles. The Kier molecular flexibility index (Phi) is 3.92. The summed E-state index contributed by atoms with van der Waals surface area (Å²) in [6.07, 6.45) is 4.60. The first-order chi connectivity index (χ1) is 12.4. The molecule has 5 N–H and O–H groups in total. The zero-order chi connectivity index (χ0) is 18.5. The van der Waals surface area contributed by atoms with Crippen molar-refractivity contribution in [2.75, 3.05) is 16.5 Å². The highest BCUT2D eigenvalue weighted by Gasteiger charge is 2.41. The lowest BCUT2D eigenvalue weighted by Gasteiger charge is -2.38. The van der Waals surface area contributed by atoms with Crippen molar-refractivity contribution in [1.29, 1.82) is 0 Å². The predicted molar refractivity (Wildman–Crippen MR) is 98.5 cm³/mol. The maximum Gasteiger partial charge on any atom is 0.293 e. The molecule has 3 heterocycles. The Morgan fingerprint density at radius 1 is 1.23 bits per heavy atom. The third-order valence-electron chi connectivity index (χ3n) is 4.57. The van der Waals surface area contributed by atoms with Crippen molar-refractivity contribution in [2.45, 2.75) is 31.3 Å². The number of pyridine rings is 1. The largest absolute Gasteiger partial charge is 0.382 e. The molecule has 9 nitrogen and oxygen atoms in total. The Morgan fingerprint density at radius 2 is 1.96 bits per heavy atom. The summed E-state index contributed by atoms with van der Waals surface area (Å²) in [5.41, 5.74) is 7.84. The normalized spacial score (nSPS) is 17.5. The van der Waals surface area contributed by atoms with Crippen LogP contribution in [-0.4, -0.2) is 26.2 Å². The van der Waals surface area contributed by atoms with Gasteiger partial charge in [0.25, 0.3) is 11.5 Å². The summed E-state index contributed by atoms with van der Waals surface area (Å²) in [6.45, 7) is 0. The van der Waals surface area contributed by atoms with Gasteiger partial charge in [-0.25, -0.2) is 14.6 Å². The number of rotatable bonds is 2. The van der Waals surface area contributed by atoms with Crippen molar-refractivity contribution in [3.8, 4) is 0 Å². The third kappa shape index (κ3) is 2.63.